The molecule has 1 N–H and O–H groups in total. The molecule has 19 heavy (non-hydrogen) atoms. The molecule has 0 aromatic rings. The number of piperidine rings is 2. The second kappa shape index (κ2) is 4.51. The summed E-state index contributed by atoms with van der Waals surface area (Å²) in [5.41, 5.74) is -0.708. The van der Waals surface area contributed by atoms with Crippen molar-refractivity contribution < 1.29 is 24.2 Å². The third kappa shape index (κ3) is 2.57. The van der Waals surface area contributed by atoms with Crippen molar-refractivity contribution in [3.05, 3.63) is 0 Å². The molecule has 0 aromatic heterocycles. The molecule has 6 nitrogen and oxygen atoms in total. The highest BCUT2D eigenvalue weighted by Crippen LogP contribution is 2.38. The minimum atomic E-state index is -1.06. The van der Waals surface area contributed by atoms with Crippen molar-refractivity contribution in [3.8, 4) is 0 Å². The van der Waals surface area contributed by atoms with Crippen LogP contribution in [0.3, 0.4) is 0 Å². The topological polar surface area (TPSA) is 83.9 Å². The second-order valence-electron chi connectivity index (χ2n) is 6.19. The molecule has 6 heteroatoms. The maximum atomic E-state index is 12.2. The summed E-state index contributed by atoms with van der Waals surface area (Å²) in [5, 5.41) is 9.30. The van der Waals surface area contributed by atoms with Crippen LogP contribution in [-0.4, -0.2) is 45.5 Å². The van der Waals surface area contributed by atoms with Crippen molar-refractivity contribution in [1.29, 1.82) is 0 Å². The molecule has 0 spiro atoms. The average Bonchev–Trinajstić information content (AvgIpc) is 2.25. The number of amides is 1. The van der Waals surface area contributed by atoms with E-state index in [0.29, 0.717) is 12.8 Å². The van der Waals surface area contributed by atoms with Gasteiger partial charge in [-0.3, -0.25) is 9.69 Å². The van der Waals surface area contributed by atoms with Crippen LogP contribution < -0.4 is 0 Å². The maximum Gasteiger partial charge on any atom is 0.411 e. The van der Waals surface area contributed by atoms with Crippen molar-refractivity contribution in [3.63, 3.8) is 0 Å². The van der Waals surface area contributed by atoms with Crippen molar-refractivity contribution in [2.75, 3.05) is 0 Å². The van der Waals surface area contributed by atoms with Crippen molar-refractivity contribution >= 4 is 17.8 Å². The molecule has 2 saturated heterocycles. The molecule has 1 amide bonds. The largest absolute Gasteiger partial charge is 0.480 e. The van der Waals surface area contributed by atoms with E-state index in [1.165, 1.54) is 0 Å². The number of carbonyl (C=O) groups is 3. The van der Waals surface area contributed by atoms with Crippen molar-refractivity contribution in [1.82, 2.24) is 4.90 Å². The van der Waals surface area contributed by atoms with Gasteiger partial charge in [-0.25, -0.2) is 9.59 Å². The zero-order valence-electron chi connectivity index (χ0n) is 11.4. The van der Waals surface area contributed by atoms with Crippen molar-refractivity contribution in [2.45, 2.75) is 57.7 Å². The molecule has 2 bridgehead atoms. The van der Waals surface area contributed by atoms with Crippen LogP contribution in [0.15, 0.2) is 0 Å². The summed E-state index contributed by atoms with van der Waals surface area (Å²) in [6, 6.07) is -1.58. The number of aliphatic carboxylic acids is 1. The smallest absolute Gasteiger partial charge is 0.411 e. The van der Waals surface area contributed by atoms with Gasteiger partial charge in [-0.05, 0) is 39.5 Å². The van der Waals surface area contributed by atoms with E-state index in [1.54, 1.807) is 20.8 Å². The molecule has 0 unspecified atom stereocenters. The maximum absolute atomic E-state index is 12.2. The SMILES string of the molecule is CC(C)(C)OC(=O)N1[C@H](C(=O)O)[C@@H]2CC[C@H]1C(=O)C2. The first-order valence-corrected chi connectivity index (χ1v) is 6.47. The molecule has 3 atom stereocenters. The fraction of sp³-hybridized carbons (Fsp3) is 0.769. The number of fused-ring (bicyclic) bond motifs is 3. The number of ether oxygens (including phenoxy) is 1. The van der Waals surface area contributed by atoms with E-state index >= 15 is 0 Å². The number of Topliss-reactive ketones (excluding diaryl/α,β-unsaturated/α-hetero) is 1. The van der Waals surface area contributed by atoms with Crippen LogP contribution in [0, 0.1) is 5.92 Å². The lowest BCUT2D eigenvalue weighted by Gasteiger charge is -2.48. The lowest BCUT2D eigenvalue weighted by molar-refractivity contribution is -0.156. The van der Waals surface area contributed by atoms with Gasteiger partial charge in [0.25, 0.3) is 0 Å². The molecule has 3 aliphatic rings. The van der Waals surface area contributed by atoms with E-state index in [2.05, 4.69) is 0 Å². The van der Waals surface area contributed by atoms with Crippen LogP contribution in [0.4, 0.5) is 4.79 Å². The van der Waals surface area contributed by atoms with Crippen LogP contribution in [0.1, 0.15) is 40.0 Å². The number of hydrogen-bond donors (Lipinski definition) is 1. The lowest BCUT2D eigenvalue weighted by Crippen LogP contribution is -2.64. The first-order valence-electron chi connectivity index (χ1n) is 6.47. The number of rotatable bonds is 1. The van der Waals surface area contributed by atoms with E-state index in [-0.39, 0.29) is 18.1 Å². The predicted molar refractivity (Wildman–Crippen MR) is 65.6 cm³/mol. The third-order valence-corrected chi connectivity index (χ3v) is 3.59. The summed E-state index contributed by atoms with van der Waals surface area (Å²) in [6.07, 6.45) is 0.753. The van der Waals surface area contributed by atoms with Gasteiger partial charge in [0, 0.05) is 6.42 Å². The Kier molecular flexibility index (Phi) is 3.28. The number of nitrogens with zero attached hydrogens (tertiary/aromatic N) is 1. The molecule has 1 saturated carbocycles. The molecule has 1 aliphatic carbocycles. The molecule has 2 heterocycles. The van der Waals surface area contributed by atoms with Gasteiger partial charge in [-0.15, -0.1) is 0 Å². The Morgan fingerprint density at radius 3 is 2.42 bits per heavy atom. The summed E-state index contributed by atoms with van der Waals surface area (Å²) < 4.78 is 5.23. The summed E-state index contributed by atoms with van der Waals surface area (Å²) in [5.74, 6) is -1.41. The van der Waals surface area contributed by atoms with Crippen LogP contribution in [0.5, 0.6) is 0 Å². The first kappa shape index (κ1) is 13.8. The fourth-order valence-electron chi connectivity index (χ4n) is 2.89. The van der Waals surface area contributed by atoms with E-state index in [1.807, 2.05) is 0 Å². The molecule has 0 radical (unpaired) electrons. The molecule has 106 valence electrons. The molecule has 3 rings (SSSR count). The summed E-state index contributed by atoms with van der Waals surface area (Å²) >= 11 is 0. The van der Waals surface area contributed by atoms with Crippen LogP contribution in [-0.2, 0) is 14.3 Å². The number of ketones is 1. The summed E-state index contributed by atoms with van der Waals surface area (Å²) in [6.45, 7) is 5.14. The van der Waals surface area contributed by atoms with Gasteiger partial charge in [0.2, 0.25) is 0 Å². The molecular weight excluding hydrogens is 250 g/mol. The first-order chi connectivity index (χ1) is 8.70. The standard InChI is InChI=1S/C13H19NO5/c1-13(2,3)19-12(18)14-8-5-4-7(6-9(8)15)10(14)11(16)17/h7-8,10H,4-6H2,1-3H3,(H,16,17)/t7-,8+,10+/m1/s1. The van der Waals surface area contributed by atoms with Gasteiger partial charge in [0.05, 0.1) is 6.04 Å². The highest BCUT2D eigenvalue weighted by atomic mass is 16.6. The van der Waals surface area contributed by atoms with Gasteiger partial charge in [-0.2, -0.15) is 0 Å². The second-order valence-corrected chi connectivity index (χ2v) is 6.19. The quantitative estimate of drug-likeness (QED) is 0.778. The van der Waals surface area contributed by atoms with Gasteiger partial charge in [0.1, 0.15) is 11.6 Å². The molecular formula is C13H19NO5. The molecule has 0 aromatic carbocycles. The van der Waals surface area contributed by atoms with Crippen LogP contribution in [0.2, 0.25) is 0 Å². The van der Waals surface area contributed by atoms with Crippen molar-refractivity contribution in [2.24, 2.45) is 5.92 Å². The van der Waals surface area contributed by atoms with Gasteiger partial charge in [-0.1, -0.05) is 0 Å². The normalized spacial score (nSPS) is 30.4. The Morgan fingerprint density at radius 2 is 1.95 bits per heavy atom. The summed E-state index contributed by atoms with van der Waals surface area (Å²) in [4.78, 5) is 36.5. The molecule has 2 aliphatic heterocycles. The van der Waals surface area contributed by atoms with E-state index in [9.17, 15) is 19.5 Å². The Hall–Kier alpha value is -1.59. The predicted octanol–water partition coefficient (Wildman–Crippen LogP) is 1.43. The zero-order chi connectivity index (χ0) is 14.4. The Bertz CT molecular complexity index is 425. The monoisotopic (exact) mass is 269 g/mol. The van der Waals surface area contributed by atoms with Gasteiger partial charge in [0.15, 0.2) is 5.78 Å². The van der Waals surface area contributed by atoms with Crippen LogP contribution in [0.25, 0.3) is 0 Å². The number of hydrogen-bond acceptors (Lipinski definition) is 4. The van der Waals surface area contributed by atoms with E-state index in [4.69, 9.17) is 4.74 Å². The average molecular weight is 269 g/mol. The minimum absolute atomic E-state index is 0.0559. The number of carbonyl (C=O) groups excluding carboxylic acids is 2. The third-order valence-electron chi connectivity index (χ3n) is 3.59. The lowest BCUT2D eigenvalue weighted by atomic mass is 9.74. The highest BCUT2D eigenvalue weighted by molar-refractivity contribution is 5.93. The minimum Gasteiger partial charge on any atom is -0.480 e. The number of carboxylic acid groups (broad SMARTS) is 1. The van der Waals surface area contributed by atoms with E-state index in [0.717, 1.165) is 4.90 Å². The zero-order valence-corrected chi connectivity index (χ0v) is 11.4. The summed E-state index contributed by atoms with van der Waals surface area (Å²) in [7, 11) is 0. The Labute approximate surface area is 111 Å². The van der Waals surface area contributed by atoms with Gasteiger partial charge < -0.3 is 9.84 Å². The number of carboxylic acids is 1. The molecule has 3 fully saturated rings. The Morgan fingerprint density at radius 1 is 1.32 bits per heavy atom. The fourth-order valence-corrected chi connectivity index (χ4v) is 2.89. The van der Waals surface area contributed by atoms with Crippen LogP contribution >= 0.6 is 0 Å². The highest BCUT2D eigenvalue weighted by Gasteiger charge is 2.52. The Balaban J connectivity index is 2.26. The van der Waals surface area contributed by atoms with Gasteiger partial charge >= 0.3 is 12.1 Å². The van der Waals surface area contributed by atoms with E-state index < -0.39 is 29.7 Å².